The number of non-ortho nitro benzene ring substituents is 1. The van der Waals surface area contributed by atoms with E-state index >= 15 is 0 Å². The summed E-state index contributed by atoms with van der Waals surface area (Å²) in [6.07, 6.45) is 2.61. The number of aromatic nitrogens is 1. The van der Waals surface area contributed by atoms with Crippen molar-refractivity contribution in [2.24, 2.45) is 0 Å². The molecule has 174 valence electrons. The molecular weight excluding hydrogens is 432 g/mol. The number of amides is 3. The Morgan fingerprint density at radius 1 is 1.06 bits per heavy atom. The minimum Gasteiger partial charge on any atom is -0.317 e. The van der Waals surface area contributed by atoms with Crippen molar-refractivity contribution < 1.29 is 14.5 Å². The van der Waals surface area contributed by atoms with Gasteiger partial charge in [0.1, 0.15) is 5.70 Å². The van der Waals surface area contributed by atoms with Crippen LogP contribution in [-0.2, 0) is 17.8 Å². The SMILES string of the molecule is CCc1cccc(C)c1-n1c(C)cc(/C=C2\NC(=O)N(Cc3ccc([N+](=O)[O-])cc3)C2=O)c1C. The van der Waals surface area contributed by atoms with E-state index in [4.69, 9.17) is 0 Å². The number of benzene rings is 2. The summed E-state index contributed by atoms with van der Waals surface area (Å²) in [6.45, 7) is 8.27. The minimum absolute atomic E-state index is 0.0299. The lowest BCUT2D eigenvalue weighted by atomic mass is 10.1. The Bertz CT molecular complexity index is 1340. The Balaban J connectivity index is 1.63. The number of carbonyl (C=O) groups excluding carboxylic acids is 2. The second-order valence-electron chi connectivity index (χ2n) is 8.40. The number of hydrogen-bond donors (Lipinski definition) is 1. The van der Waals surface area contributed by atoms with Crippen molar-refractivity contribution in [1.29, 1.82) is 0 Å². The van der Waals surface area contributed by atoms with Gasteiger partial charge in [0.15, 0.2) is 0 Å². The molecule has 3 aromatic rings. The lowest BCUT2D eigenvalue weighted by molar-refractivity contribution is -0.384. The number of nitrogens with one attached hydrogen (secondary N) is 1. The number of nitro benzene ring substituents is 1. The zero-order valence-electron chi connectivity index (χ0n) is 19.6. The van der Waals surface area contributed by atoms with E-state index in [1.165, 1.54) is 23.3 Å². The van der Waals surface area contributed by atoms with Gasteiger partial charge >= 0.3 is 6.03 Å². The average Bonchev–Trinajstić information content (AvgIpc) is 3.23. The number of para-hydroxylation sites is 1. The monoisotopic (exact) mass is 458 g/mol. The molecule has 1 fully saturated rings. The highest BCUT2D eigenvalue weighted by molar-refractivity contribution is 6.14. The fraction of sp³-hybridized carbons (Fsp3) is 0.231. The number of urea groups is 1. The molecule has 0 saturated carbocycles. The van der Waals surface area contributed by atoms with Crippen molar-refractivity contribution in [3.8, 4) is 5.69 Å². The molecule has 8 heteroatoms. The first-order chi connectivity index (χ1) is 16.2. The summed E-state index contributed by atoms with van der Waals surface area (Å²) in [7, 11) is 0. The van der Waals surface area contributed by atoms with E-state index in [2.05, 4.69) is 41.9 Å². The van der Waals surface area contributed by atoms with Gasteiger partial charge in [-0.1, -0.05) is 37.3 Å². The topological polar surface area (TPSA) is 97.5 Å². The lowest BCUT2D eigenvalue weighted by Gasteiger charge is -2.17. The summed E-state index contributed by atoms with van der Waals surface area (Å²) in [4.78, 5) is 37.0. The normalized spacial score (nSPS) is 14.7. The predicted molar refractivity (Wildman–Crippen MR) is 130 cm³/mol. The van der Waals surface area contributed by atoms with Crippen molar-refractivity contribution in [1.82, 2.24) is 14.8 Å². The summed E-state index contributed by atoms with van der Waals surface area (Å²) in [5, 5.41) is 13.5. The number of nitrogens with zero attached hydrogens (tertiary/aromatic N) is 3. The van der Waals surface area contributed by atoms with E-state index in [0.29, 0.717) is 5.56 Å². The summed E-state index contributed by atoms with van der Waals surface area (Å²) in [5.74, 6) is -0.432. The maximum Gasteiger partial charge on any atom is 0.329 e. The fourth-order valence-electron chi connectivity index (χ4n) is 4.38. The molecule has 0 radical (unpaired) electrons. The number of rotatable bonds is 6. The molecule has 2 aromatic carbocycles. The van der Waals surface area contributed by atoms with Gasteiger partial charge in [-0.05, 0) is 61.6 Å². The van der Waals surface area contributed by atoms with Gasteiger partial charge in [0.25, 0.3) is 11.6 Å². The van der Waals surface area contributed by atoms with E-state index in [9.17, 15) is 19.7 Å². The highest BCUT2D eigenvalue weighted by Gasteiger charge is 2.34. The highest BCUT2D eigenvalue weighted by Crippen LogP contribution is 2.28. The minimum atomic E-state index is -0.518. The molecule has 2 heterocycles. The predicted octanol–water partition coefficient (Wildman–Crippen LogP) is 4.97. The second kappa shape index (κ2) is 8.97. The molecule has 1 saturated heterocycles. The van der Waals surface area contributed by atoms with Gasteiger partial charge < -0.3 is 9.88 Å². The van der Waals surface area contributed by atoms with Gasteiger partial charge in [-0.15, -0.1) is 0 Å². The maximum atomic E-state index is 13.0. The van der Waals surface area contributed by atoms with Crippen LogP contribution in [0.2, 0.25) is 0 Å². The zero-order chi connectivity index (χ0) is 24.6. The molecular formula is C26H26N4O4. The van der Waals surface area contributed by atoms with Crippen molar-refractivity contribution in [3.05, 3.63) is 98.0 Å². The van der Waals surface area contributed by atoms with Crippen molar-refractivity contribution in [3.63, 3.8) is 0 Å². The van der Waals surface area contributed by atoms with E-state index in [1.807, 2.05) is 19.9 Å². The molecule has 34 heavy (non-hydrogen) atoms. The lowest BCUT2D eigenvalue weighted by Crippen LogP contribution is -2.30. The molecule has 3 amide bonds. The largest absolute Gasteiger partial charge is 0.329 e. The van der Waals surface area contributed by atoms with Crippen LogP contribution in [0.25, 0.3) is 11.8 Å². The molecule has 1 aliphatic rings. The third-order valence-corrected chi connectivity index (χ3v) is 6.15. The third-order valence-electron chi connectivity index (χ3n) is 6.15. The van der Waals surface area contributed by atoms with Crippen LogP contribution >= 0.6 is 0 Å². The molecule has 0 atom stereocenters. The van der Waals surface area contributed by atoms with Gasteiger partial charge in [0.2, 0.25) is 0 Å². The summed E-state index contributed by atoms with van der Waals surface area (Å²) in [5.41, 5.74) is 7.19. The van der Waals surface area contributed by atoms with Crippen LogP contribution in [0.15, 0.2) is 54.2 Å². The first-order valence-electron chi connectivity index (χ1n) is 11.1. The zero-order valence-corrected chi connectivity index (χ0v) is 19.6. The highest BCUT2D eigenvalue weighted by atomic mass is 16.6. The van der Waals surface area contributed by atoms with Crippen LogP contribution < -0.4 is 5.32 Å². The van der Waals surface area contributed by atoms with Crippen LogP contribution in [0.1, 0.15) is 40.6 Å². The van der Waals surface area contributed by atoms with E-state index in [1.54, 1.807) is 18.2 Å². The standard InChI is InChI=1S/C26H26N4O4/c1-5-20-8-6-7-16(2)24(20)29-17(3)13-21(18(29)4)14-23-25(31)28(26(32)27-23)15-19-9-11-22(12-10-19)30(33)34/h6-14H,5,15H2,1-4H3,(H,27,32)/b23-14-. The van der Waals surface area contributed by atoms with Crippen molar-refractivity contribution in [2.45, 2.75) is 40.7 Å². The van der Waals surface area contributed by atoms with Crippen LogP contribution in [0.5, 0.6) is 0 Å². The van der Waals surface area contributed by atoms with E-state index in [0.717, 1.165) is 34.0 Å². The van der Waals surface area contributed by atoms with Gasteiger partial charge in [-0.2, -0.15) is 0 Å². The Hall–Kier alpha value is -4.20. The maximum absolute atomic E-state index is 13.0. The Morgan fingerprint density at radius 2 is 1.76 bits per heavy atom. The quantitative estimate of drug-likeness (QED) is 0.244. The van der Waals surface area contributed by atoms with Gasteiger partial charge in [-0.25, -0.2) is 4.79 Å². The fourth-order valence-corrected chi connectivity index (χ4v) is 4.38. The van der Waals surface area contributed by atoms with Crippen LogP contribution in [-0.4, -0.2) is 26.3 Å². The van der Waals surface area contributed by atoms with Gasteiger partial charge in [0, 0.05) is 23.5 Å². The Morgan fingerprint density at radius 3 is 2.41 bits per heavy atom. The van der Waals surface area contributed by atoms with Gasteiger partial charge in [0.05, 0.1) is 17.2 Å². The number of imide groups is 1. The van der Waals surface area contributed by atoms with Gasteiger partial charge in [-0.3, -0.25) is 19.8 Å². The summed E-state index contributed by atoms with van der Waals surface area (Å²) >= 11 is 0. The smallest absolute Gasteiger partial charge is 0.317 e. The second-order valence-corrected chi connectivity index (χ2v) is 8.40. The summed E-state index contributed by atoms with van der Waals surface area (Å²) < 4.78 is 2.19. The van der Waals surface area contributed by atoms with Crippen LogP contribution in [0.4, 0.5) is 10.5 Å². The van der Waals surface area contributed by atoms with E-state index in [-0.39, 0.29) is 17.9 Å². The first kappa shape index (κ1) is 23.0. The molecule has 0 spiro atoms. The first-order valence-corrected chi connectivity index (χ1v) is 11.1. The number of aryl methyl sites for hydroxylation is 3. The van der Waals surface area contributed by atoms with Crippen molar-refractivity contribution in [2.75, 3.05) is 0 Å². The molecule has 8 nitrogen and oxygen atoms in total. The molecule has 4 rings (SSSR count). The van der Waals surface area contributed by atoms with Crippen molar-refractivity contribution >= 4 is 23.7 Å². The molecule has 0 aliphatic carbocycles. The van der Waals surface area contributed by atoms with E-state index < -0.39 is 16.9 Å². The number of hydrogen-bond acceptors (Lipinski definition) is 4. The molecule has 0 unspecified atom stereocenters. The third kappa shape index (κ3) is 4.10. The Labute approximate surface area is 197 Å². The number of nitro groups is 1. The molecule has 1 N–H and O–H groups in total. The Kier molecular flexibility index (Phi) is 6.06. The molecule has 1 aromatic heterocycles. The molecule has 0 bridgehead atoms. The summed E-state index contributed by atoms with van der Waals surface area (Å²) in [6, 6.07) is 13.6. The number of carbonyl (C=O) groups is 2. The molecule has 1 aliphatic heterocycles. The average molecular weight is 459 g/mol. The van der Waals surface area contributed by atoms with Crippen LogP contribution in [0.3, 0.4) is 0 Å². The van der Waals surface area contributed by atoms with Crippen LogP contribution in [0, 0.1) is 30.9 Å².